The summed E-state index contributed by atoms with van der Waals surface area (Å²) < 4.78 is 36.3. The molecule has 2 nitrogen and oxygen atoms in total. The third-order valence-corrected chi connectivity index (χ3v) is 1.71. The van der Waals surface area contributed by atoms with Gasteiger partial charge in [0.1, 0.15) is 0 Å². The molecule has 1 aromatic rings. The van der Waals surface area contributed by atoms with Crippen molar-refractivity contribution in [1.29, 1.82) is 0 Å². The predicted octanol–water partition coefficient (Wildman–Crippen LogP) is 2.54. The predicted molar refractivity (Wildman–Crippen MR) is 40.5 cm³/mol. The molecule has 0 aromatic carbocycles. The topological polar surface area (TPSA) is 33.1 Å². The Hall–Kier alpha value is -0.970. The first kappa shape index (κ1) is 10.1. The molecule has 0 radical (unpaired) electrons. The van der Waals surface area contributed by atoms with E-state index in [2.05, 4.69) is 4.98 Å². The normalized spacial score (nSPS) is 11.7. The molecule has 0 aliphatic heterocycles. The molecule has 0 atom stereocenters. The van der Waals surface area contributed by atoms with E-state index < -0.39 is 17.6 Å². The molecule has 0 unspecified atom stereocenters. The average molecular weight is 212 g/mol. The fourth-order valence-electron chi connectivity index (χ4n) is 0.809. The first-order valence-electron chi connectivity index (χ1n) is 3.27. The van der Waals surface area contributed by atoms with E-state index in [9.17, 15) is 13.2 Å². The molecule has 1 rings (SSSR count). The van der Waals surface area contributed by atoms with E-state index in [1.54, 1.807) is 0 Å². The number of nitrogens with zero attached hydrogens (tertiary/aromatic N) is 1. The molecule has 1 heterocycles. The van der Waals surface area contributed by atoms with Crippen LogP contribution in [0.3, 0.4) is 0 Å². The zero-order valence-electron chi connectivity index (χ0n) is 6.27. The number of alkyl halides is 4. The highest BCUT2D eigenvalue weighted by molar-refractivity contribution is 6.17. The van der Waals surface area contributed by atoms with Crippen molar-refractivity contribution in [2.75, 3.05) is 0 Å². The Morgan fingerprint density at radius 1 is 1.46 bits per heavy atom. The van der Waals surface area contributed by atoms with E-state index in [-0.39, 0.29) is 11.4 Å². The first-order valence-corrected chi connectivity index (χ1v) is 3.80. The van der Waals surface area contributed by atoms with Crippen LogP contribution in [0.5, 0.6) is 5.75 Å². The van der Waals surface area contributed by atoms with E-state index in [0.29, 0.717) is 0 Å². The molecule has 6 heteroatoms. The fraction of sp³-hybridized carbons (Fsp3) is 0.286. The highest BCUT2D eigenvalue weighted by atomic mass is 35.5. The lowest BCUT2D eigenvalue weighted by atomic mass is 10.2. The number of aromatic hydroxyl groups is 1. The molecule has 1 aromatic heterocycles. The van der Waals surface area contributed by atoms with Gasteiger partial charge in [-0.2, -0.15) is 13.2 Å². The molecule has 72 valence electrons. The van der Waals surface area contributed by atoms with Gasteiger partial charge in [0.25, 0.3) is 0 Å². The molecule has 13 heavy (non-hydrogen) atoms. The van der Waals surface area contributed by atoms with Crippen molar-refractivity contribution in [1.82, 2.24) is 4.98 Å². The van der Waals surface area contributed by atoms with Gasteiger partial charge in [0.2, 0.25) is 0 Å². The van der Waals surface area contributed by atoms with Gasteiger partial charge in [-0.25, -0.2) is 4.98 Å². The van der Waals surface area contributed by atoms with Crippen LogP contribution in [0.2, 0.25) is 0 Å². The molecule has 0 aliphatic rings. The van der Waals surface area contributed by atoms with Crippen LogP contribution in [0.1, 0.15) is 11.3 Å². The van der Waals surface area contributed by atoms with Crippen LogP contribution in [0, 0.1) is 0 Å². The maximum Gasteiger partial charge on any atom is 0.437 e. The standard InChI is InChI=1S/C7H5ClF3NO/c8-3-4-1-2-12-6(5(4)13)7(9,10)11/h1-2,13H,3H2. The van der Waals surface area contributed by atoms with Gasteiger partial charge in [-0.1, -0.05) is 0 Å². The highest BCUT2D eigenvalue weighted by Gasteiger charge is 2.36. The van der Waals surface area contributed by atoms with E-state index in [0.717, 1.165) is 6.20 Å². The van der Waals surface area contributed by atoms with Crippen molar-refractivity contribution in [3.8, 4) is 5.75 Å². The number of hydrogen-bond acceptors (Lipinski definition) is 2. The molecule has 0 saturated heterocycles. The Kier molecular flexibility index (Phi) is 2.66. The van der Waals surface area contributed by atoms with Gasteiger partial charge in [-0.05, 0) is 6.07 Å². The van der Waals surface area contributed by atoms with Crippen molar-refractivity contribution in [3.05, 3.63) is 23.5 Å². The average Bonchev–Trinajstić information content (AvgIpc) is 2.02. The zero-order chi connectivity index (χ0) is 10.1. The summed E-state index contributed by atoms with van der Waals surface area (Å²) in [5.74, 6) is -1.08. The number of halogens is 4. The summed E-state index contributed by atoms with van der Waals surface area (Å²) in [7, 11) is 0. The Morgan fingerprint density at radius 3 is 2.54 bits per heavy atom. The molecule has 0 spiro atoms. The second-order valence-electron chi connectivity index (χ2n) is 2.30. The van der Waals surface area contributed by atoms with Crippen molar-refractivity contribution < 1.29 is 18.3 Å². The maximum atomic E-state index is 12.1. The lowest BCUT2D eigenvalue weighted by Crippen LogP contribution is -2.08. The minimum absolute atomic E-state index is 0.0176. The molecule has 1 N–H and O–H groups in total. The van der Waals surface area contributed by atoms with Crippen molar-refractivity contribution in [2.45, 2.75) is 12.1 Å². The summed E-state index contributed by atoms with van der Waals surface area (Å²) in [5, 5.41) is 9.06. The minimum Gasteiger partial charge on any atom is -0.505 e. The first-order chi connectivity index (χ1) is 5.96. The van der Waals surface area contributed by atoms with Crippen LogP contribution in [-0.2, 0) is 12.1 Å². The lowest BCUT2D eigenvalue weighted by Gasteiger charge is -2.09. The summed E-state index contributed by atoms with van der Waals surface area (Å²) in [6.45, 7) is 0. The lowest BCUT2D eigenvalue weighted by molar-refractivity contribution is -0.142. The van der Waals surface area contributed by atoms with Gasteiger partial charge in [-0.15, -0.1) is 11.6 Å². The number of hydrogen-bond donors (Lipinski definition) is 1. The summed E-state index contributed by atoms with van der Waals surface area (Å²) in [6, 6.07) is 1.23. The van der Waals surface area contributed by atoms with Gasteiger partial charge >= 0.3 is 6.18 Å². The Morgan fingerprint density at radius 2 is 2.08 bits per heavy atom. The summed E-state index contributed by atoms with van der Waals surface area (Å²) in [4.78, 5) is 3.02. The molecular formula is C7H5ClF3NO. The molecule has 0 saturated carbocycles. The van der Waals surface area contributed by atoms with E-state index >= 15 is 0 Å². The summed E-state index contributed by atoms with van der Waals surface area (Å²) in [6.07, 6.45) is -3.69. The van der Waals surface area contributed by atoms with E-state index in [1.165, 1.54) is 6.07 Å². The van der Waals surface area contributed by atoms with E-state index in [4.69, 9.17) is 16.7 Å². The van der Waals surface area contributed by atoms with Crippen LogP contribution in [0.25, 0.3) is 0 Å². The monoisotopic (exact) mass is 211 g/mol. The van der Waals surface area contributed by atoms with Crippen LogP contribution in [-0.4, -0.2) is 10.1 Å². The Balaban J connectivity index is 3.24. The number of rotatable bonds is 1. The Bertz CT molecular complexity index is 313. The highest BCUT2D eigenvalue weighted by Crippen LogP contribution is 2.35. The number of pyridine rings is 1. The fourth-order valence-corrected chi connectivity index (χ4v) is 1.02. The third-order valence-electron chi connectivity index (χ3n) is 1.42. The third kappa shape index (κ3) is 2.03. The zero-order valence-corrected chi connectivity index (χ0v) is 7.02. The maximum absolute atomic E-state index is 12.1. The van der Waals surface area contributed by atoms with E-state index in [1.807, 2.05) is 0 Å². The van der Waals surface area contributed by atoms with Crippen LogP contribution >= 0.6 is 11.6 Å². The second kappa shape index (κ2) is 3.41. The smallest absolute Gasteiger partial charge is 0.437 e. The molecule has 0 aliphatic carbocycles. The minimum atomic E-state index is -4.65. The van der Waals surface area contributed by atoms with Crippen molar-refractivity contribution >= 4 is 11.6 Å². The SMILES string of the molecule is Oc1c(CCl)ccnc1C(F)(F)F. The van der Waals surface area contributed by atoms with Gasteiger partial charge in [0, 0.05) is 11.8 Å². The molecule has 0 bridgehead atoms. The molecule has 0 amide bonds. The van der Waals surface area contributed by atoms with Gasteiger partial charge < -0.3 is 5.11 Å². The second-order valence-corrected chi connectivity index (χ2v) is 2.57. The van der Waals surface area contributed by atoms with Gasteiger partial charge in [0.15, 0.2) is 11.4 Å². The molecule has 0 fully saturated rings. The molecular weight excluding hydrogens is 207 g/mol. The van der Waals surface area contributed by atoms with Gasteiger partial charge in [0.05, 0.1) is 5.88 Å². The summed E-state index contributed by atoms with van der Waals surface area (Å²) >= 11 is 5.30. The van der Waals surface area contributed by atoms with Crippen LogP contribution in [0.4, 0.5) is 13.2 Å². The number of aromatic nitrogens is 1. The van der Waals surface area contributed by atoms with Crippen molar-refractivity contribution in [3.63, 3.8) is 0 Å². The largest absolute Gasteiger partial charge is 0.505 e. The van der Waals surface area contributed by atoms with Crippen LogP contribution in [0.15, 0.2) is 12.3 Å². The summed E-state index contributed by atoms with van der Waals surface area (Å²) in [5.41, 5.74) is -1.28. The quantitative estimate of drug-likeness (QED) is 0.725. The van der Waals surface area contributed by atoms with Crippen LogP contribution < -0.4 is 0 Å². The van der Waals surface area contributed by atoms with Crippen molar-refractivity contribution in [2.24, 2.45) is 0 Å². The Labute approximate surface area is 77.0 Å². The van der Waals surface area contributed by atoms with Gasteiger partial charge in [-0.3, -0.25) is 0 Å².